The summed E-state index contributed by atoms with van der Waals surface area (Å²) in [4.78, 5) is 12.8. The molecule has 0 bridgehead atoms. The van der Waals surface area contributed by atoms with Gasteiger partial charge in [-0.05, 0) is 31.8 Å². The molecule has 0 radical (unpaired) electrons. The van der Waals surface area contributed by atoms with Crippen molar-refractivity contribution in [1.82, 2.24) is 4.90 Å². The van der Waals surface area contributed by atoms with Gasteiger partial charge in [-0.3, -0.25) is 4.79 Å². The fraction of sp³-hybridized carbons (Fsp3) is 0.462. The molecule has 0 aliphatic carbocycles. The van der Waals surface area contributed by atoms with Crippen LogP contribution >= 0.6 is 0 Å². The van der Waals surface area contributed by atoms with Crippen molar-refractivity contribution in [3.05, 3.63) is 29.8 Å². The summed E-state index contributed by atoms with van der Waals surface area (Å²) < 4.78 is 5.08. The number of hydrogen-bond acceptors (Lipinski definition) is 3. The zero-order chi connectivity index (χ0) is 12.8. The minimum Gasteiger partial charge on any atom is -0.497 e. The number of carbonyl (C=O) groups is 1. The Hall–Kier alpha value is -1.55. The lowest BCUT2D eigenvalue weighted by Gasteiger charge is -2.20. The molecule has 0 aliphatic heterocycles. The summed E-state index contributed by atoms with van der Waals surface area (Å²) in [5.41, 5.74) is 1.03. The van der Waals surface area contributed by atoms with Crippen molar-refractivity contribution in [2.24, 2.45) is 0 Å². The van der Waals surface area contributed by atoms with Gasteiger partial charge >= 0.3 is 5.97 Å². The van der Waals surface area contributed by atoms with Crippen molar-refractivity contribution in [2.75, 3.05) is 27.7 Å². The zero-order valence-electron chi connectivity index (χ0n) is 10.5. The largest absolute Gasteiger partial charge is 0.497 e. The predicted octanol–water partition coefficient (Wildman–Crippen LogP) is 1.82. The molecule has 0 saturated carbocycles. The maximum absolute atomic E-state index is 10.8. The van der Waals surface area contributed by atoms with Crippen molar-refractivity contribution in [3.8, 4) is 5.75 Å². The van der Waals surface area contributed by atoms with Gasteiger partial charge in [0.2, 0.25) is 0 Å². The molecule has 17 heavy (non-hydrogen) atoms. The first-order chi connectivity index (χ1) is 8.02. The number of hydrogen-bond donors (Lipinski definition) is 1. The van der Waals surface area contributed by atoms with E-state index in [1.165, 1.54) is 0 Å². The van der Waals surface area contributed by atoms with Crippen LogP contribution in [0.3, 0.4) is 0 Å². The van der Waals surface area contributed by atoms with Crippen LogP contribution in [0.15, 0.2) is 24.3 Å². The molecule has 1 N–H and O–H groups in total. The molecule has 0 spiro atoms. The summed E-state index contributed by atoms with van der Waals surface area (Å²) in [6.07, 6.45) is 0.143. The van der Waals surface area contributed by atoms with Gasteiger partial charge in [0.05, 0.1) is 13.5 Å². The van der Waals surface area contributed by atoms with Crippen molar-refractivity contribution >= 4 is 5.97 Å². The highest BCUT2D eigenvalue weighted by atomic mass is 16.5. The lowest BCUT2D eigenvalue weighted by atomic mass is 9.95. The number of likely N-dealkylation sites (N-methyl/N-ethyl adjacent to an activating group) is 1. The quantitative estimate of drug-likeness (QED) is 0.820. The number of rotatable bonds is 6. The third kappa shape index (κ3) is 4.44. The lowest BCUT2D eigenvalue weighted by molar-refractivity contribution is -0.137. The molecule has 4 heteroatoms. The van der Waals surface area contributed by atoms with Crippen LogP contribution in [0, 0.1) is 0 Å². The molecule has 0 heterocycles. The third-order valence-electron chi connectivity index (χ3n) is 2.59. The maximum Gasteiger partial charge on any atom is 0.304 e. The van der Waals surface area contributed by atoms with Gasteiger partial charge in [-0.25, -0.2) is 0 Å². The predicted molar refractivity (Wildman–Crippen MR) is 66.5 cm³/mol. The lowest BCUT2D eigenvalue weighted by Crippen LogP contribution is -2.22. The Morgan fingerprint density at radius 2 is 1.94 bits per heavy atom. The highest BCUT2D eigenvalue weighted by Crippen LogP contribution is 2.23. The topological polar surface area (TPSA) is 49.8 Å². The van der Waals surface area contributed by atoms with Gasteiger partial charge in [0.15, 0.2) is 0 Å². The number of aliphatic carboxylic acids is 1. The van der Waals surface area contributed by atoms with Gasteiger partial charge in [-0.15, -0.1) is 0 Å². The van der Waals surface area contributed by atoms with Gasteiger partial charge in [0.25, 0.3) is 0 Å². The van der Waals surface area contributed by atoms with Crippen LogP contribution in [0.2, 0.25) is 0 Å². The van der Waals surface area contributed by atoms with Crippen molar-refractivity contribution in [2.45, 2.75) is 12.3 Å². The van der Waals surface area contributed by atoms with Crippen LogP contribution in [0.25, 0.3) is 0 Å². The molecule has 1 rings (SSSR count). The molecule has 1 atom stereocenters. The molecule has 1 aromatic carbocycles. The first-order valence-corrected chi connectivity index (χ1v) is 5.53. The van der Waals surface area contributed by atoms with Gasteiger partial charge in [-0.1, -0.05) is 12.1 Å². The van der Waals surface area contributed by atoms with E-state index in [9.17, 15) is 4.79 Å². The smallest absolute Gasteiger partial charge is 0.304 e. The van der Waals surface area contributed by atoms with E-state index < -0.39 is 5.97 Å². The van der Waals surface area contributed by atoms with E-state index in [1.54, 1.807) is 7.11 Å². The minimum atomic E-state index is -0.771. The Kier molecular flexibility index (Phi) is 4.97. The molecule has 1 aromatic rings. The minimum absolute atomic E-state index is 0.00778. The SMILES string of the molecule is COc1ccc(C(CC(=O)O)CN(C)C)cc1. The van der Waals surface area contributed by atoms with Crippen molar-refractivity contribution in [3.63, 3.8) is 0 Å². The molecule has 0 amide bonds. The number of ether oxygens (including phenoxy) is 1. The average molecular weight is 237 g/mol. The van der Waals surface area contributed by atoms with E-state index in [0.717, 1.165) is 17.9 Å². The van der Waals surface area contributed by atoms with Crippen LogP contribution < -0.4 is 4.74 Å². The van der Waals surface area contributed by atoms with Crippen molar-refractivity contribution in [1.29, 1.82) is 0 Å². The van der Waals surface area contributed by atoms with Crippen LogP contribution in [-0.2, 0) is 4.79 Å². The zero-order valence-corrected chi connectivity index (χ0v) is 10.5. The van der Waals surface area contributed by atoms with Crippen molar-refractivity contribution < 1.29 is 14.6 Å². The Morgan fingerprint density at radius 1 is 1.35 bits per heavy atom. The number of benzene rings is 1. The fourth-order valence-electron chi connectivity index (χ4n) is 1.82. The molecule has 94 valence electrons. The van der Waals surface area contributed by atoms with E-state index in [-0.39, 0.29) is 12.3 Å². The molecule has 0 aliphatic rings. The number of carboxylic acid groups (broad SMARTS) is 1. The van der Waals surface area contributed by atoms with Crippen LogP contribution in [-0.4, -0.2) is 43.7 Å². The first-order valence-electron chi connectivity index (χ1n) is 5.53. The second-order valence-corrected chi connectivity index (χ2v) is 4.33. The average Bonchev–Trinajstić information content (AvgIpc) is 2.27. The second-order valence-electron chi connectivity index (χ2n) is 4.33. The Labute approximate surface area is 102 Å². The van der Waals surface area contributed by atoms with Crippen LogP contribution in [0.5, 0.6) is 5.75 Å². The normalized spacial score (nSPS) is 12.5. The standard InChI is InChI=1S/C13H19NO3/c1-14(2)9-11(8-13(15)16)10-4-6-12(17-3)7-5-10/h4-7,11H,8-9H2,1-3H3,(H,15,16). The summed E-state index contributed by atoms with van der Waals surface area (Å²) in [7, 11) is 5.50. The molecular formula is C13H19NO3. The fourth-order valence-corrected chi connectivity index (χ4v) is 1.82. The maximum atomic E-state index is 10.8. The van der Waals surface area contributed by atoms with Crippen LogP contribution in [0.1, 0.15) is 17.9 Å². The van der Waals surface area contributed by atoms with Gasteiger partial charge in [0.1, 0.15) is 5.75 Å². The second kappa shape index (κ2) is 6.25. The van der Waals surface area contributed by atoms with Gasteiger partial charge in [-0.2, -0.15) is 0 Å². The Balaban J connectivity index is 2.83. The monoisotopic (exact) mass is 237 g/mol. The van der Waals surface area contributed by atoms with E-state index in [4.69, 9.17) is 9.84 Å². The summed E-state index contributed by atoms with van der Waals surface area (Å²) in [5.74, 6) is 0.0220. The number of methoxy groups -OCH3 is 1. The summed E-state index contributed by atoms with van der Waals surface area (Å²) in [6, 6.07) is 7.57. The number of carboxylic acids is 1. The van der Waals surface area contributed by atoms with Gasteiger partial charge in [0, 0.05) is 12.5 Å². The first kappa shape index (κ1) is 13.5. The Morgan fingerprint density at radius 3 is 2.35 bits per heavy atom. The molecule has 0 saturated heterocycles. The molecule has 0 fully saturated rings. The molecular weight excluding hydrogens is 218 g/mol. The summed E-state index contributed by atoms with van der Waals surface area (Å²) in [5, 5.41) is 8.92. The summed E-state index contributed by atoms with van der Waals surface area (Å²) in [6.45, 7) is 0.721. The van der Waals surface area contributed by atoms with E-state index in [1.807, 2.05) is 43.3 Å². The van der Waals surface area contributed by atoms with E-state index in [2.05, 4.69) is 0 Å². The third-order valence-corrected chi connectivity index (χ3v) is 2.59. The highest BCUT2D eigenvalue weighted by Gasteiger charge is 2.16. The molecule has 0 aromatic heterocycles. The van der Waals surface area contributed by atoms with E-state index in [0.29, 0.717) is 0 Å². The van der Waals surface area contributed by atoms with Crippen LogP contribution in [0.4, 0.5) is 0 Å². The Bertz CT molecular complexity index is 359. The summed E-state index contributed by atoms with van der Waals surface area (Å²) >= 11 is 0. The highest BCUT2D eigenvalue weighted by molar-refractivity contribution is 5.68. The molecule has 4 nitrogen and oxygen atoms in total. The van der Waals surface area contributed by atoms with E-state index >= 15 is 0 Å². The molecule has 1 unspecified atom stereocenters. The van der Waals surface area contributed by atoms with Gasteiger partial charge < -0.3 is 14.7 Å². The number of nitrogens with zero attached hydrogens (tertiary/aromatic N) is 1.